The van der Waals surface area contributed by atoms with Gasteiger partial charge in [0.1, 0.15) is 0 Å². The van der Waals surface area contributed by atoms with Crippen LogP contribution >= 0.6 is 0 Å². The minimum Gasteiger partial charge on any atom is -0.384 e. The molecule has 0 fully saturated rings. The molecule has 0 unspecified atom stereocenters. The fraction of sp³-hybridized carbons (Fsp3) is 0.125. The molecule has 4 rings (SSSR count). The van der Waals surface area contributed by atoms with Gasteiger partial charge >= 0.3 is 0 Å². The van der Waals surface area contributed by atoms with Crippen LogP contribution in [0.3, 0.4) is 0 Å². The number of para-hydroxylation sites is 1. The Kier molecular flexibility index (Phi) is 7.69. The van der Waals surface area contributed by atoms with E-state index in [2.05, 4.69) is 122 Å². The highest BCUT2D eigenvalue weighted by Crippen LogP contribution is 2.20. The molecule has 4 aromatic rings. The third-order valence-electron chi connectivity index (χ3n) is 6.08. The summed E-state index contributed by atoms with van der Waals surface area (Å²) < 4.78 is 0. The van der Waals surface area contributed by atoms with E-state index in [0.717, 1.165) is 41.1 Å². The number of aryl methyl sites for hydroxylation is 1. The normalized spacial score (nSPS) is 11.7. The topological polar surface area (TPSA) is 39.9 Å². The lowest BCUT2D eigenvalue weighted by Crippen LogP contribution is -2.12. The van der Waals surface area contributed by atoms with Gasteiger partial charge in [-0.25, -0.2) is 0 Å². The molecule has 0 amide bonds. The van der Waals surface area contributed by atoms with E-state index in [0.29, 0.717) is 0 Å². The lowest BCUT2D eigenvalue weighted by molar-refractivity contribution is 0.807. The fourth-order valence-corrected chi connectivity index (χ4v) is 4.04. The maximum atomic E-state index is 4.23. The lowest BCUT2D eigenvalue weighted by Gasteiger charge is -2.11. The number of fused-ring (bicyclic) bond motifs is 1. The number of allylic oxidation sites excluding steroid dienone is 4. The van der Waals surface area contributed by atoms with Crippen LogP contribution in [-0.4, -0.2) is 4.98 Å². The average Bonchev–Trinajstić information content (AvgIpc) is 3.29. The molecule has 1 heterocycles. The maximum absolute atomic E-state index is 4.23. The van der Waals surface area contributed by atoms with E-state index in [1.807, 2.05) is 18.3 Å². The van der Waals surface area contributed by atoms with E-state index in [4.69, 9.17) is 0 Å². The third kappa shape index (κ3) is 6.42. The summed E-state index contributed by atoms with van der Waals surface area (Å²) in [5, 5.41) is 8.10. The van der Waals surface area contributed by atoms with Crippen LogP contribution in [0.4, 0.5) is 0 Å². The number of hydrogen-bond acceptors (Lipinski definition) is 2. The Balaban J connectivity index is 1.25. The van der Waals surface area contributed by atoms with Gasteiger partial charge in [0, 0.05) is 41.6 Å². The zero-order valence-corrected chi connectivity index (χ0v) is 20.6. The Labute approximate surface area is 208 Å². The van der Waals surface area contributed by atoms with Gasteiger partial charge in [0.15, 0.2) is 0 Å². The molecule has 0 saturated heterocycles. The summed E-state index contributed by atoms with van der Waals surface area (Å²) in [6, 6.07) is 25.3. The Bertz CT molecular complexity index is 1380. The Morgan fingerprint density at radius 1 is 0.857 bits per heavy atom. The number of benzene rings is 3. The Morgan fingerprint density at radius 2 is 1.51 bits per heavy atom. The fourth-order valence-electron chi connectivity index (χ4n) is 4.04. The molecule has 0 aliphatic rings. The number of aromatic nitrogens is 1. The number of rotatable bonds is 10. The van der Waals surface area contributed by atoms with Gasteiger partial charge in [-0.3, -0.25) is 0 Å². The van der Waals surface area contributed by atoms with Gasteiger partial charge in [-0.15, -0.1) is 0 Å². The predicted octanol–water partition coefficient (Wildman–Crippen LogP) is 7.50. The summed E-state index contributed by atoms with van der Waals surface area (Å²) in [5.74, 6) is 0. The van der Waals surface area contributed by atoms with Gasteiger partial charge in [-0.1, -0.05) is 86.0 Å². The molecule has 0 aliphatic carbocycles. The molecular formula is C32H33N3. The van der Waals surface area contributed by atoms with Crippen LogP contribution in [0.25, 0.3) is 22.6 Å². The average molecular weight is 460 g/mol. The van der Waals surface area contributed by atoms with Crippen molar-refractivity contribution in [1.82, 2.24) is 15.6 Å². The summed E-state index contributed by atoms with van der Waals surface area (Å²) in [4.78, 5) is 3.30. The van der Waals surface area contributed by atoms with Crippen LogP contribution < -0.4 is 10.6 Å². The van der Waals surface area contributed by atoms with E-state index in [1.54, 1.807) is 0 Å². The van der Waals surface area contributed by atoms with E-state index in [9.17, 15) is 0 Å². The second-order valence-electron chi connectivity index (χ2n) is 8.84. The van der Waals surface area contributed by atoms with Crippen LogP contribution in [0.1, 0.15) is 34.7 Å². The van der Waals surface area contributed by atoms with Gasteiger partial charge in [0.25, 0.3) is 0 Å². The van der Waals surface area contributed by atoms with Gasteiger partial charge in [0.2, 0.25) is 0 Å². The summed E-state index contributed by atoms with van der Waals surface area (Å²) >= 11 is 0. The van der Waals surface area contributed by atoms with Crippen LogP contribution in [0.5, 0.6) is 0 Å². The van der Waals surface area contributed by atoms with Crippen molar-refractivity contribution in [2.45, 2.75) is 26.9 Å². The molecule has 35 heavy (non-hydrogen) atoms. The van der Waals surface area contributed by atoms with E-state index < -0.39 is 0 Å². The Morgan fingerprint density at radius 3 is 2.26 bits per heavy atom. The van der Waals surface area contributed by atoms with Gasteiger partial charge in [0.05, 0.1) is 0 Å². The largest absolute Gasteiger partial charge is 0.384 e. The molecule has 0 saturated carbocycles. The second kappa shape index (κ2) is 11.3. The SMILES string of the molecule is C=C(/C=C/c1c[nH]c2ccccc12)NCc1ccc(CN/C(C)=C/C(=C)c2ccccc2C)cc1. The first kappa shape index (κ1) is 23.9. The van der Waals surface area contributed by atoms with Crippen molar-refractivity contribution < 1.29 is 0 Å². The highest BCUT2D eigenvalue weighted by Gasteiger charge is 2.02. The van der Waals surface area contributed by atoms with E-state index in [-0.39, 0.29) is 0 Å². The molecule has 3 aromatic carbocycles. The zero-order valence-electron chi connectivity index (χ0n) is 20.6. The van der Waals surface area contributed by atoms with E-state index >= 15 is 0 Å². The van der Waals surface area contributed by atoms with Crippen LogP contribution in [-0.2, 0) is 13.1 Å². The quantitative estimate of drug-likeness (QED) is 0.215. The standard InChI is InChI=1S/C32H33N3/c1-23-9-5-6-10-30(23)24(2)19-26(4)34-21-28-16-14-27(15-17-28)20-33-25(3)13-18-29-22-35-32-12-8-7-11-31(29)32/h5-19,22,33-35H,2-3,20-21H2,1,4H3/b18-13+,26-19+. The number of aromatic amines is 1. The van der Waals surface area contributed by atoms with Gasteiger partial charge < -0.3 is 15.6 Å². The monoisotopic (exact) mass is 459 g/mol. The smallest absolute Gasteiger partial charge is 0.0460 e. The molecule has 176 valence electrons. The molecular weight excluding hydrogens is 426 g/mol. The van der Waals surface area contributed by atoms with Crippen LogP contribution in [0, 0.1) is 6.92 Å². The van der Waals surface area contributed by atoms with Crippen molar-refractivity contribution >= 4 is 22.6 Å². The highest BCUT2D eigenvalue weighted by molar-refractivity contribution is 5.88. The van der Waals surface area contributed by atoms with Crippen LogP contribution in [0.2, 0.25) is 0 Å². The molecule has 3 N–H and O–H groups in total. The molecule has 0 aliphatic heterocycles. The lowest BCUT2D eigenvalue weighted by atomic mass is 10.0. The Hall–Kier alpha value is -4.24. The predicted molar refractivity (Wildman–Crippen MR) is 151 cm³/mol. The first-order chi connectivity index (χ1) is 17.0. The molecule has 0 atom stereocenters. The molecule has 3 heteroatoms. The third-order valence-corrected chi connectivity index (χ3v) is 6.08. The molecule has 0 bridgehead atoms. The maximum Gasteiger partial charge on any atom is 0.0460 e. The van der Waals surface area contributed by atoms with Crippen molar-refractivity contribution in [1.29, 1.82) is 0 Å². The first-order valence-corrected chi connectivity index (χ1v) is 11.9. The summed E-state index contributed by atoms with van der Waals surface area (Å²) in [7, 11) is 0. The van der Waals surface area contributed by atoms with Crippen molar-refractivity contribution in [3.63, 3.8) is 0 Å². The van der Waals surface area contributed by atoms with Crippen molar-refractivity contribution in [3.05, 3.63) is 144 Å². The van der Waals surface area contributed by atoms with Gasteiger partial charge in [-0.2, -0.15) is 0 Å². The summed E-state index contributed by atoms with van der Waals surface area (Å²) in [6.07, 6.45) is 8.24. The number of hydrogen-bond donors (Lipinski definition) is 3. The number of H-pyrrole nitrogens is 1. The van der Waals surface area contributed by atoms with E-state index in [1.165, 1.54) is 27.6 Å². The number of nitrogens with one attached hydrogen (secondary N) is 3. The second-order valence-corrected chi connectivity index (χ2v) is 8.84. The summed E-state index contributed by atoms with van der Waals surface area (Å²) in [5.41, 5.74) is 10.2. The molecule has 0 spiro atoms. The first-order valence-electron chi connectivity index (χ1n) is 11.9. The van der Waals surface area contributed by atoms with Gasteiger partial charge in [-0.05, 0) is 65.5 Å². The van der Waals surface area contributed by atoms with Crippen LogP contribution in [0.15, 0.2) is 116 Å². The molecule has 0 radical (unpaired) electrons. The minimum absolute atomic E-state index is 0.736. The molecule has 3 nitrogen and oxygen atoms in total. The molecule has 1 aromatic heterocycles. The minimum atomic E-state index is 0.736. The van der Waals surface area contributed by atoms with Crippen molar-refractivity contribution in [2.75, 3.05) is 0 Å². The van der Waals surface area contributed by atoms with Crippen molar-refractivity contribution in [2.24, 2.45) is 0 Å². The summed E-state index contributed by atoms with van der Waals surface area (Å²) in [6.45, 7) is 14.1. The highest BCUT2D eigenvalue weighted by atomic mass is 14.9. The zero-order chi connectivity index (χ0) is 24.6. The van der Waals surface area contributed by atoms with Crippen molar-refractivity contribution in [3.8, 4) is 0 Å².